The summed E-state index contributed by atoms with van der Waals surface area (Å²) in [6.07, 6.45) is 0.632. The molecular formula is C25H24N2O3. The Bertz CT molecular complexity index is 1090. The minimum absolute atomic E-state index is 0.0238. The fourth-order valence-corrected chi connectivity index (χ4v) is 4.21. The molecule has 0 fully saturated rings. The number of nitrogens with zero attached hydrogens (tertiary/aromatic N) is 1. The van der Waals surface area contributed by atoms with Crippen molar-refractivity contribution in [2.45, 2.75) is 26.4 Å². The number of carbonyl (C=O) groups excluding carboxylic acids is 1. The Labute approximate surface area is 176 Å². The van der Waals surface area contributed by atoms with Gasteiger partial charge in [0.2, 0.25) is 6.79 Å². The van der Waals surface area contributed by atoms with Crippen LogP contribution in [0.4, 0.5) is 11.4 Å². The van der Waals surface area contributed by atoms with Crippen molar-refractivity contribution in [3.63, 3.8) is 0 Å². The van der Waals surface area contributed by atoms with Crippen LogP contribution in [0, 0.1) is 12.8 Å². The molecular weight excluding hydrogens is 376 g/mol. The number of fused-ring (bicyclic) bond motifs is 2. The molecule has 152 valence electrons. The number of ether oxygens (including phenoxy) is 2. The van der Waals surface area contributed by atoms with Crippen molar-refractivity contribution in [2.75, 3.05) is 17.0 Å². The van der Waals surface area contributed by atoms with Gasteiger partial charge < -0.3 is 14.8 Å². The fourth-order valence-electron chi connectivity index (χ4n) is 4.21. The highest BCUT2D eigenvalue weighted by molar-refractivity contribution is 6.12. The third-order valence-corrected chi connectivity index (χ3v) is 5.80. The van der Waals surface area contributed by atoms with E-state index in [-0.39, 0.29) is 24.8 Å². The maximum Gasteiger partial charge on any atom is 0.262 e. The van der Waals surface area contributed by atoms with Gasteiger partial charge in [-0.3, -0.25) is 9.69 Å². The number of rotatable bonds is 4. The van der Waals surface area contributed by atoms with E-state index in [2.05, 4.69) is 25.2 Å². The third kappa shape index (κ3) is 3.26. The topological polar surface area (TPSA) is 50.8 Å². The summed E-state index contributed by atoms with van der Waals surface area (Å²) in [5.41, 5.74) is 4.80. The molecule has 2 heterocycles. The monoisotopic (exact) mass is 400 g/mol. The molecule has 3 aromatic rings. The molecule has 3 aromatic carbocycles. The molecule has 0 aliphatic carbocycles. The van der Waals surface area contributed by atoms with Gasteiger partial charge in [-0.1, -0.05) is 42.8 Å². The summed E-state index contributed by atoms with van der Waals surface area (Å²) in [5, 5.41) is 3.61. The highest BCUT2D eigenvalue weighted by atomic mass is 16.7. The second-order valence-corrected chi connectivity index (χ2v) is 8.01. The SMILES string of the molecule is Cc1ccc(N2C(=O)c3ccccc3N[C@H]2[C@@H](C)Cc2ccc3c(c2)OCO3)cc1. The zero-order valence-corrected chi connectivity index (χ0v) is 17.1. The number of amides is 1. The van der Waals surface area contributed by atoms with E-state index in [4.69, 9.17) is 9.47 Å². The molecule has 5 nitrogen and oxygen atoms in total. The number of anilines is 2. The van der Waals surface area contributed by atoms with E-state index < -0.39 is 0 Å². The van der Waals surface area contributed by atoms with Crippen molar-refractivity contribution in [3.8, 4) is 11.5 Å². The van der Waals surface area contributed by atoms with Gasteiger partial charge in [-0.05, 0) is 61.2 Å². The van der Waals surface area contributed by atoms with Crippen LogP contribution in [0.25, 0.3) is 0 Å². The molecule has 1 amide bonds. The van der Waals surface area contributed by atoms with Crippen molar-refractivity contribution in [2.24, 2.45) is 5.92 Å². The molecule has 0 bridgehead atoms. The van der Waals surface area contributed by atoms with E-state index in [0.717, 1.165) is 34.9 Å². The summed E-state index contributed by atoms with van der Waals surface area (Å²) < 4.78 is 11.0. The van der Waals surface area contributed by atoms with Gasteiger partial charge in [-0.25, -0.2) is 0 Å². The summed E-state index contributed by atoms with van der Waals surface area (Å²) in [4.78, 5) is 15.4. The normalized spacial score (nSPS) is 18.0. The minimum Gasteiger partial charge on any atom is -0.454 e. The van der Waals surface area contributed by atoms with Gasteiger partial charge in [0.25, 0.3) is 5.91 Å². The first-order chi connectivity index (χ1) is 14.6. The lowest BCUT2D eigenvalue weighted by Gasteiger charge is -2.41. The van der Waals surface area contributed by atoms with Gasteiger partial charge >= 0.3 is 0 Å². The Morgan fingerprint density at radius 2 is 1.80 bits per heavy atom. The molecule has 0 radical (unpaired) electrons. The van der Waals surface area contributed by atoms with E-state index in [9.17, 15) is 4.79 Å². The summed E-state index contributed by atoms with van der Waals surface area (Å²) in [6.45, 7) is 4.49. The molecule has 2 aliphatic rings. The lowest BCUT2D eigenvalue weighted by Crippen LogP contribution is -2.52. The quantitative estimate of drug-likeness (QED) is 0.670. The highest BCUT2D eigenvalue weighted by Gasteiger charge is 2.36. The Hall–Kier alpha value is -3.47. The molecule has 2 aliphatic heterocycles. The van der Waals surface area contributed by atoms with Crippen LogP contribution in [-0.2, 0) is 6.42 Å². The van der Waals surface area contributed by atoms with Gasteiger partial charge in [-0.2, -0.15) is 0 Å². The second kappa shape index (κ2) is 7.41. The van der Waals surface area contributed by atoms with Crippen LogP contribution >= 0.6 is 0 Å². The predicted octanol–water partition coefficient (Wildman–Crippen LogP) is 5.00. The summed E-state index contributed by atoms with van der Waals surface area (Å²) in [5.74, 6) is 1.75. The van der Waals surface area contributed by atoms with Crippen molar-refractivity contribution in [1.29, 1.82) is 0 Å². The standard InChI is InChI=1S/C25H24N2O3/c1-16-7-10-19(11-8-16)27-24(26-21-6-4-3-5-20(21)25(27)28)17(2)13-18-9-12-22-23(14-18)30-15-29-22/h3-12,14,17,24,26H,13,15H2,1-2H3/t17-,24+/m0/s1. The highest BCUT2D eigenvalue weighted by Crippen LogP contribution is 2.36. The minimum atomic E-state index is -0.166. The maximum atomic E-state index is 13.5. The Kier molecular flexibility index (Phi) is 4.58. The first-order valence-corrected chi connectivity index (χ1v) is 10.2. The van der Waals surface area contributed by atoms with Crippen LogP contribution < -0.4 is 19.7 Å². The Morgan fingerprint density at radius 3 is 2.63 bits per heavy atom. The molecule has 0 aromatic heterocycles. The van der Waals surface area contributed by atoms with Crippen molar-refractivity contribution in [1.82, 2.24) is 0 Å². The zero-order valence-electron chi connectivity index (χ0n) is 17.1. The van der Waals surface area contributed by atoms with Gasteiger partial charge in [0.05, 0.1) is 5.56 Å². The molecule has 0 saturated heterocycles. The van der Waals surface area contributed by atoms with Crippen LogP contribution in [-0.4, -0.2) is 18.9 Å². The average molecular weight is 400 g/mol. The fraction of sp³-hybridized carbons (Fsp3) is 0.240. The summed E-state index contributed by atoms with van der Waals surface area (Å²) >= 11 is 0. The number of para-hydroxylation sites is 1. The van der Waals surface area contributed by atoms with Crippen LogP contribution in [0.2, 0.25) is 0 Å². The van der Waals surface area contributed by atoms with E-state index in [1.807, 2.05) is 65.6 Å². The van der Waals surface area contributed by atoms with Crippen LogP contribution in [0.1, 0.15) is 28.4 Å². The summed E-state index contributed by atoms with van der Waals surface area (Å²) in [7, 11) is 0. The van der Waals surface area contributed by atoms with E-state index in [1.54, 1.807) is 0 Å². The number of hydrogen-bond acceptors (Lipinski definition) is 4. The van der Waals surface area contributed by atoms with Crippen LogP contribution in [0.5, 0.6) is 11.5 Å². The zero-order chi connectivity index (χ0) is 20.7. The first kappa shape index (κ1) is 18.6. The first-order valence-electron chi connectivity index (χ1n) is 10.2. The molecule has 1 N–H and O–H groups in total. The number of aryl methyl sites for hydroxylation is 1. The predicted molar refractivity (Wildman–Crippen MR) is 117 cm³/mol. The van der Waals surface area contributed by atoms with Gasteiger partial charge in [-0.15, -0.1) is 0 Å². The van der Waals surface area contributed by atoms with Gasteiger partial charge in [0.1, 0.15) is 6.17 Å². The Morgan fingerprint density at radius 1 is 1.03 bits per heavy atom. The number of hydrogen-bond donors (Lipinski definition) is 1. The molecule has 30 heavy (non-hydrogen) atoms. The van der Waals surface area contributed by atoms with Crippen LogP contribution in [0.3, 0.4) is 0 Å². The second-order valence-electron chi connectivity index (χ2n) is 8.01. The summed E-state index contributed by atoms with van der Waals surface area (Å²) in [6, 6.07) is 21.9. The van der Waals surface area contributed by atoms with E-state index in [1.165, 1.54) is 5.56 Å². The largest absolute Gasteiger partial charge is 0.454 e. The van der Waals surface area contributed by atoms with Crippen molar-refractivity contribution in [3.05, 3.63) is 83.4 Å². The smallest absolute Gasteiger partial charge is 0.262 e. The molecule has 5 rings (SSSR count). The number of benzene rings is 3. The van der Waals surface area contributed by atoms with Crippen LogP contribution in [0.15, 0.2) is 66.7 Å². The molecule has 0 saturated carbocycles. The number of nitrogens with one attached hydrogen (secondary N) is 1. The van der Waals surface area contributed by atoms with Gasteiger partial charge in [0.15, 0.2) is 11.5 Å². The maximum absolute atomic E-state index is 13.5. The molecule has 5 heteroatoms. The molecule has 0 spiro atoms. The van der Waals surface area contributed by atoms with Crippen molar-refractivity contribution >= 4 is 17.3 Å². The molecule has 2 atom stereocenters. The van der Waals surface area contributed by atoms with Gasteiger partial charge in [0, 0.05) is 11.4 Å². The lowest BCUT2D eigenvalue weighted by molar-refractivity contribution is 0.0967. The molecule has 0 unspecified atom stereocenters. The number of carbonyl (C=O) groups is 1. The van der Waals surface area contributed by atoms with E-state index in [0.29, 0.717) is 5.56 Å². The average Bonchev–Trinajstić information content (AvgIpc) is 3.22. The third-order valence-electron chi connectivity index (χ3n) is 5.80. The van der Waals surface area contributed by atoms with E-state index >= 15 is 0 Å². The lowest BCUT2D eigenvalue weighted by atomic mass is 9.93. The Balaban J connectivity index is 1.48. The van der Waals surface area contributed by atoms with Crippen molar-refractivity contribution < 1.29 is 14.3 Å².